The van der Waals surface area contributed by atoms with Crippen molar-refractivity contribution < 1.29 is 14.3 Å². The molecule has 1 amide bonds. The van der Waals surface area contributed by atoms with Crippen LogP contribution in [0.5, 0.6) is 11.5 Å². The van der Waals surface area contributed by atoms with E-state index in [0.717, 1.165) is 10.2 Å². The Bertz CT molecular complexity index is 658. The van der Waals surface area contributed by atoms with E-state index in [4.69, 9.17) is 9.47 Å². The molecule has 0 aromatic heterocycles. The highest BCUT2D eigenvalue weighted by molar-refractivity contribution is 9.10. The van der Waals surface area contributed by atoms with E-state index in [1.165, 1.54) is 0 Å². The summed E-state index contributed by atoms with van der Waals surface area (Å²) in [6, 6.07) is 12.7. The number of hydrogen-bond donors (Lipinski definition) is 0. The zero-order chi connectivity index (χ0) is 15.4. The molecule has 0 N–H and O–H groups in total. The average Bonchev–Trinajstić information content (AvgIpc) is 2.54. The molecule has 0 spiro atoms. The summed E-state index contributed by atoms with van der Waals surface area (Å²) in [5, 5.41) is 0. The summed E-state index contributed by atoms with van der Waals surface area (Å²) in [6.07, 6.45) is 0. The molecular formula is C16H16BrNO3. The predicted molar refractivity (Wildman–Crippen MR) is 86.4 cm³/mol. The molecule has 5 heteroatoms. The van der Waals surface area contributed by atoms with E-state index in [9.17, 15) is 4.79 Å². The standard InChI is InChI=1S/C16H16BrNO3/c1-18(11-5-4-6-12(9-11)20-2)16(19)14-10-13(21-3)7-8-15(14)17/h4-10H,1-3H3. The van der Waals surface area contributed by atoms with Gasteiger partial charge in [0.2, 0.25) is 0 Å². The Hall–Kier alpha value is -2.01. The van der Waals surface area contributed by atoms with E-state index in [-0.39, 0.29) is 5.91 Å². The van der Waals surface area contributed by atoms with Gasteiger partial charge in [0.05, 0.1) is 19.8 Å². The van der Waals surface area contributed by atoms with Gasteiger partial charge in [0.25, 0.3) is 5.91 Å². The van der Waals surface area contributed by atoms with Crippen molar-refractivity contribution in [2.45, 2.75) is 0 Å². The molecule has 0 bridgehead atoms. The highest BCUT2D eigenvalue weighted by Gasteiger charge is 2.17. The Morgan fingerprint density at radius 1 is 1.05 bits per heavy atom. The molecule has 21 heavy (non-hydrogen) atoms. The number of methoxy groups -OCH3 is 2. The van der Waals surface area contributed by atoms with Crippen molar-refractivity contribution in [3.05, 3.63) is 52.5 Å². The van der Waals surface area contributed by atoms with Gasteiger partial charge in [-0.2, -0.15) is 0 Å². The lowest BCUT2D eigenvalue weighted by Crippen LogP contribution is -2.26. The highest BCUT2D eigenvalue weighted by Crippen LogP contribution is 2.26. The van der Waals surface area contributed by atoms with Gasteiger partial charge in [-0.05, 0) is 46.3 Å². The van der Waals surface area contributed by atoms with E-state index in [2.05, 4.69) is 15.9 Å². The fraction of sp³-hybridized carbons (Fsp3) is 0.188. The first-order chi connectivity index (χ1) is 10.1. The third-order valence-electron chi connectivity index (χ3n) is 3.15. The molecule has 0 saturated heterocycles. The molecule has 2 aromatic rings. The minimum Gasteiger partial charge on any atom is -0.497 e. The van der Waals surface area contributed by atoms with Crippen LogP contribution >= 0.6 is 15.9 Å². The number of benzene rings is 2. The van der Waals surface area contributed by atoms with Gasteiger partial charge in [-0.3, -0.25) is 4.79 Å². The van der Waals surface area contributed by atoms with Crippen LogP contribution in [0.2, 0.25) is 0 Å². The second-order valence-corrected chi connectivity index (χ2v) is 5.27. The first kappa shape index (κ1) is 15.4. The minimum atomic E-state index is -0.131. The van der Waals surface area contributed by atoms with E-state index in [1.807, 2.05) is 24.3 Å². The minimum absolute atomic E-state index is 0.131. The first-order valence-electron chi connectivity index (χ1n) is 6.32. The van der Waals surface area contributed by atoms with Crippen molar-refractivity contribution in [3.63, 3.8) is 0 Å². The Balaban J connectivity index is 2.34. The quantitative estimate of drug-likeness (QED) is 0.843. The zero-order valence-corrected chi connectivity index (χ0v) is 13.7. The van der Waals surface area contributed by atoms with Crippen LogP contribution in [0, 0.1) is 0 Å². The number of ether oxygens (including phenoxy) is 2. The SMILES string of the molecule is COc1cccc(N(C)C(=O)c2cc(OC)ccc2Br)c1. The third kappa shape index (κ3) is 3.36. The molecule has 0 aliphatic heterocycles. The fourth-order valence-electron chi connectivity index (χ4n) is 1.91. The molecule has 110 valence electrons. The lowest BCUT2D eigenvalue weighted by molar-refractivity contribution is 0.0992. The van der Waals surface area contributed by atoms with Crippen LogP contribution in [-0.4, -0.2) is 27.2 Å². The summed E-state index contributed by atoms with van der Waals surface area (Å²) in [6.45, 7) is 0. The molecule has 2 rings (SSSR count). The summed E-state index contributed by atoms with van der Waals surface area (Å²) in [5.74, 6) is 1.21. The summed E-state index contributed by atoms with van der Waals surface area (Å²) in [7, 11) is 4.89. The van der Waals surface area contributed by atoms with Crippen molar-refractivity contribution in [2.24, 2.45) is 0 Å². The summed E-state index contributed by atoms with van der Waals surface area (Å²) < 4.78 is 11.1. The van der Waals surface area contributed by atoms with Crippen molar-refractivity contribution in [1.82, 2.24) is 0 Å². The molecule has 0 aliphatic rings. The van der Waals surface area contributed by atoms with Gasteiger partial charge in [-0.15, -0.1) is 0 Å². The normalized spacial score (nSPS) is 10.1. The van der Waals surface area contributed by atoms with Crippen LogP contribution in [0.3, 0.4) is 0 Å². The summed E-state index contributed by atoms with van der Waals surface area (Å²) >= 11 is 3.40. The molecule has 0 heterocycles. The van der Waals surface area contributed by atoms with Gasteiger partial charge >= 0.3 is 0 Å². The Morgan fingerprint density at radius 3 is 2.38 bits per heavy atom. The average molecular weight is 350 g/mol. The van der Waals surface area contributed by atoms with Crippen LogP contribution in [0.25, 0.3) is 0 Å². The van der Waals surface area contributed by atoms with Gasteiger partial charge in [0.1, 0.15) is 11.5 Å². The fourth-order valence-corrected chi connectivity index (χ4v) is 2.33. The molecule has 0 fully saturated rings. The van der Waals surface area contributed by atoms with Crippen LogP contribution in [-0.2, 0) is 0 Å². The number of hydrogen-bond acceptors (Lipinski definition) is 3. The number of nitrogens with zero attached hydrogens (tertiary/aromatic N) is 1. The Kier molecular flexibility index (Phi) is 4.85. The molecule has 0 atom stereocenters. The molecule has 0 unspecified atom stereocenters. The van der Waals surface area contributed by atoms with Crippen LogP contribution in [0.4, 0.5) is 5.69 Å². The molecule has 0 saturated carbocycles. The van der Waals surface area contributed by atoms with Crippen LogP contribution in [0.1, 0.15) is 10.4 Å². The largest absolute Gasteiger partial charge is 0.497 e. The maximum absolute atomic E-state index is 12.6. The van der Waals surface area contributed by atoms with Crippen molar-refractivity contribution in [1.29, 1.82) is 0 Å². The molecular weight excluding hydrogens is 334 g/mol. The molecule has 0 aliphatic carbocycles. The van der Waals surface area contributed by atoms with Gasteiger partial charge in [-0.1, -0.05) is 6.07 Å². The van der Waals surface area contributed by atoms with Crippen LogP contribution < -0.4 is 14.4 Å². The number of carbonyl (C=O) groups excluding carboxylic acids is 1. The number of amides is 1. The topological polar surface area (TPSA) is 38.8 Å². The van der Waals surface area contributed by atoms with E-state index in [1.54, 1.807) is 44.4 Å². The number of rotatable bonds is 4. The highest BCUT2D eigenvalue weighted by atomic mass is 79.9. The smallest absolute Gasteiger partial charge is 0.259 e. The van der Waals surface area contributed by atoms with Crippen molar-refractivity contribution in [3.8, 4) is 11.5 Å². The summed E-state index contributed by atoms with van der Waals surface area (Å²) in [5.41, 5.74) is 1.30. The predicted octanol–water partition coefficient (Wildman–Crippen LogP) is 3.74. The molecule has 4 nitrogen and oxygen atoms in total. The Labute approximate surface area is 132 Å². The third-order valence-corrected chi connectivity index (χ3v) is 3.84. The van der Waals surface area contributed by atoms with Crippen LogP contribution in [0.15, 0.2) is 46.9 Å². The lowest BCUT2D eigenvalue weighted by Gasteiger charge is -2.19. The maximum Gasteiger partial charge on any atom is 0.259 e. The zero-order valence-electron chi connectivity index (χ0n) is 12.1. The second-order valence-electron chi connectivity index (χ2n) is 4.41. The van der Waals surface area contributed by atoms with Gasteiger partial charge in [0.15, 0.2) is 0 Å². The van der Waals surface area contributed by atoms with E-state index in [0.29, 0.717) is 17.1 Å². The van der Waals surface area contributed by atoms with Crippen molar-refractivity contribution in [2.75, 3.05) is 26.2 Å². The number of carbonyl (C=O) groups is 1. The first-order valence-corrected chi connectivity index (χ1v) is 7.11. The van der Waals surface area contributed by atoms with Gasteiger partial charge < -0.3 is 14.4 Å². The number of halogens is 1. The molecule has 2 aromatic carbocycles. The van der Waals surface area contributed by atoms with E-state index >= 15 is 0 Å². The van der Waals surface area contributed by atoms with Gasteiger partial charge in [-0.25, -0.2) is 0 Å². The van der Waals surface area contributed by atoms with Gasteiger partial charge in [0, 0.05) is 23.3 Å². The molecule has 0 radical (unpaired) electrons. The van der Waals surface area contributed by atoms with E-state index < -0.39 is 0 Å². The maximum atomic E-state index is 12.6. The lowest BCUT2D eigenvalue weighted by atomic mass is 10.1. The second kappa shape index (κ2) is 6.63. The monoisotopic (exact) mass is 349 g/mol. The number of anilines is 1. The summed E-state index contributed by atoms with van der Waals surface area (Å²) in [4.78, 5) is 14.2. The van der Waals surface area contributed by atoms with Crippen molar-refractivity contribution >= 4 is 27.5 Å². The Morgan fingerprint density at radius 2 is 1.71 bits per heavy atom.